The lowest BCUT2D eigenvalue weighted by molar-refractivity contribution is -0.119. The highest BCUT2D eigenvalue weighted by Gasteiger charge is 2.21. The van der Waals surface area contributed by atoms with E-state index in [0.717, 1.165) is 20.9 Å². The lowest BCUT2D eigenvalue weighted by atomic mass is 10.1. The van der Waals surface area contributed by atoms with Gasteiger partial charge in [-0.05, 0) is 28.5 Å². The Bertz CT molecular complexity index is 1700. The summed E-state index contributed by atoms with van der Waals surface area (Å²) in [5, 5.41) is 2.05. The summed E-state index contributed by atoms with van der Waals surface area (Å²) < 4.78 is 9.27. The average Bonchev–Trinajstić information content (AvgIpc) is 3.36. The minimum atomic E-state index is -0.585. The topological polar surface area (TPSA) is 91.4 Å². The van der Waals surface area contributed by atoms with Gasteiger partial charge in [-0.25, -0.2) is 14.3 Å². The number of rotatable bonds is 8. The van der Waals surface area contributed by atoms with Gasteiger partial charge >= 0.3 is 5.69 Å². The van der Waals surface area contributed by atoms with Crippen molar-refractivity contribution < 1.29 is 9.53 Å². The Morgan fingerprint density at radius 2 is 1.68 bits per heavy atom. The standard InChI is InChI=1S/C28H27N5O4/c1-30(23-13-12-21-10-6-7-11-22(21)16-23)24(34)18-33-27(35)25-26(29-19-31(25)14-15-37-2)32(28(33)36)17-20-8-4-3-5-9-20/h3-13,16,19H,14-15,17-18H2,1-2H3. The summed E-state index contributed by atoms with van der Waals surface area (Å²) in [5.41, 5.74) is 0.946. The predicted octanol–water partition coefficient (Wildman–Crippen LogP) is 2.87. The van der Waals surface area contributed by atoms with Gasteiger partial charge < -0.3 is 14.2 Å². The average molecular weight is 498 g/mol. The van der Waals surface area contributed by atoms with E-state index in [4.69, 9.17) is 4.74 Å². The molecule has 9 heteroatoms. The SMILES string of the molecule is COCCn1cnc2c1c(=O)n(CC(=O)N(C)c1ccc3ccccc3c1)c(=O)n2Cc1ccccc1. The Kier molecular flexibility index (Phi) is 6.70. The highest BCUT2D eigenvalue weighted by atomic mass is 16.5. The third-order valence-electron chi connectivity index (χ3n) is 6.49. The molecule has 0 unspecified atom stereocenters. The number of anilines is 1. The highest BCUT2D eigenvalue weighted by molar-refractivity contribution is 5.96. The molecule has 0 spiro atoms. The Morgan fingerprint density at radius 1 is 0.946 bits per heavy atom. The van der Waals surface area contributed by atoms with E-state index >= 15 is 0 Å². The van der Waals surface area contributed by atoms with E-state index in [9.17, 15) is 14.4 Å². The van der Waals surface area contributed by atoms with Crippen LogP contribution in [0.3, 0.4) is 0 Å². The van der Waals surface area contributed by atoms with Crippen LogP contribution >= 0.6 is 0 Å². The van der Waals surface area contributed by atoms with Crippen molar-refractivity contribution in [3.63, 3.8) is 0 Å². The van der Waals surface area contributed by atoms with Crippen molar-refractivity contribution in [2.45, 2.75) is 19.6 Å². The predicted molar refractivity (Wildman–Crippen MR) is 143 cm³/mol. The molecule has 37 heavy (non-hydrogen) atoms. The van der Waals surface area contributed by atoms with Gasteiger partial charge in [0, 0.05) is 26.4 Å². The second-order valence-corrected chi connectivity index (χ2v) is 8.83. The Morgan fingerprint density at radius 3 is 2.43 bits per heavy atom. The molecule has 5 aromatic rings. The smallest absolute Gasteiger partial charge is 0.333 e. The summed E-state index contributed by atoms with van der Waals surface area (Å²) in [7, 11) is 3.21. The first-order chi connectivity index (χ1) is 18.0. The van der Waals surface area contributed by atoms with Gasteiger partial charge in [0.1, 0.15) is 6.54 Å². The fraction of sp³-hybridized carbons (Fsp3) is 0.214. The first-order valence-corrected chi connectivity index (χ1v) is 11.9. The maximum atomic E-state index is 13.6. The van der Waals surface area contributed by atoms with Crippen molar-refractivity contribution in [1.29, 1.82) is 0 Å². The van der Waals surface area contributed by atoms with Crippen LogP contribution in [0.1, 0.15) is 5.56 Å². The van der Waals surface area contributed by atoms with Crippen LogP contribution in [0, 0.1) is 0 Å². The zero-order valence-corrected chi connectivity index (χ0v) is 20.7. The minimum Gasteiger partial charge on any atom is -0.383 e. The van der Waals surface area contributed by atoms with E-state index in [1.807, 2.05) is 72.8 Å². The largest absolute Gasteiger partial charge is 0.383 e. The van der Waals surface area contributed by atoms with E-state index < -0.39 is 17.8 Å². The molecule has 0 N–H and O–H groups in total. The Labute approximate surface area is 212 Å². The van der Waals surface area contributed by atoms with Crippen molar-refractivity contribution in [3.05, 3.63) is 106 Å². The lowest BCUT2D eigenvalue weighted by Gasteiger charge is -2.19. The number of amides is 1. The van der Waals surface area contributed by atoms with Crippen LogP contribution < -0.4 is 16.1 Å². The van der Waals surface area contributed by atoms with Crippen molar-refractivity contribution in [2.24, 2.45) is 0 Å². The number of fused-ring (bicyclic) bond motifs is 2. The zero-order valence-electron chi connectivity index (χ0n) is 20.7. The van der Waals surface area contributed by atoms with Gasteiger partial charge in [0.05, 0.1) is 19.5 Å². The van der Waals surface area contributed by atoms with Gasteiger partial charge in [0.2, 0.25) is 5.91 Å². The molecule has 1 amide bonds. The molecule has 0 atom stereocenters. The summed E-state index contributed by atoms with van der Waals surface area (Å²) in [6, 6.07) is 23.0. The summed E-state index contributed by atoms with van der Waals surface area (Å²) >= 11 is 0. The van der Waals surface area contributed by atoms with Gasteiger partial charge in [-0.15, -0.1) is 0 Å². The molecule has 5 rings (SSSR count). The van der Waals surface area contributed by atoms with E-state index in [-0.39, 0.29) is 23.6 Å². The quantitative estimate of drug-likeness (QED) is 0.329. The molecule has 9 nitrogen and oxygen atoms in total. The molecule has 0 bridgehead atoms. The summed E-state index contributed by atoms with van der Waals surface area (Å²) in [6.45, 7) is 0.566. The van der Waals surface area contributed by atoms with Crippen molar-refractivity contribution in [1.82, 2.24) is 18.7 Å². The molecule has 0 aliphatic heterocycles. The first kappa shape index (κ1) is 24.2. The number of hydrogen-bond acceptors (Lipinski definition) is 5. The Hall–Kier alpha value is -4.50. The molecule has 0 saturated heterocycles. The molecule has 0 radical (unpaired) electrons. The third kappa shape index (κ3) is 4.68. The summed E-state index contributed by atoms with van der Waals surface area (Å²) in [6.07, 6.45) is 1.53. The fourth-order valence-corrected chi connectivity index (χ4v) is 4.42. The lowest BCUT2D eigenvalue weighted by Crippen LogP contribution is -2.44. The monoisotopic (exact) mass is 497 g/mol. The minimum absolute atomic E-state index is 0.215. The number of nitrogens with zero attached hydrogens (tertiary/aromatic N) is 5. The van der Waals surface area contributed by atoms with Crippen molar-refractivity contribution in [3.8, 4) is 0 Å². The first-order valence-electron chi connectivity index (χ1n) is 11.9. The molecule has 3 aromatic carbocycles. The molecule has 0 aliphatic carbocycles. The third-order valence-corrected chi connectivity index (χ3v) is 6.49. The molecule has 0 saturated carbocycles. The molecular formula is C28H27N5O4. The normalized spacial score (nSPS) is 11.3. The maximum Gasteiger partial charge on any atom is 0.333 e. The number of ether oxygens (including phenoxy) is 1. The van der Waals surface area contributed by atoms with E-state index in [0.29, 0.717) is 18.8 Å². The molecular weight excluding hydrogens is 470 g/mol. The number of aromatic nitrogens is 4. The van der Waals surface area contributed by atoms with Crippen LogP contribution in [0.15, 0.2) is 88.7 Å². The van der Waals surface area contributed by atoms with E-state index in [2.05, 4.69) is 4.98 Å². The van der Waals surface area contributed by atoms with Gasteiger partial charge in [-0.1, -0.05) is 60.7 Å². The number of likely N-dealkylation sites (N-methyl/N-ethyl adjacent to an activating group) is 1. The number of methoxy groups -OCH3 is 1. The van der Waals surface area contributed by atoms with Crippen LogP contribution in [0.2, 0.25) is 0 Å². The second-order valence-electron chi connectivity index (χ2n) is 8.83. The highest BCUT2D eigenvalue weighted by Crippen LogP contribution is 2.21. The number of carbonyl (C=O) groups excluding carboxylic acids is 1. The summed E-state index contributed by atoms with van der Waals surface area (Å²) in [4.78, 5) is 46.3. The van der Waals surface area contributed by atoms with Gasteiger partial charge in [0.15, 0.2) is 11.2 Å². The van der Waals surface area contributed by atoms with Crippen LogP contribution in [0.5, 0.6) is 0 Å². The molecule has 188 valence electrons. The number of benzene rings is 3. The van der Waals surface area contributed by atoms with Gasteiger partial charge in [-0.3, -0.25) is 14.2 Å². The molecule has 0 aliphatic rings. The van der Waals surface area contributed by atoms with Crippen LogP contribution in [0.4, 0.5) is 5.69 Å². The van der Waals surface area contributed by atoms with Crippen molar-refractivity contribution >= 4 is 33.5 Å². The van der Waals surface area contributed by atoms with Crippen LogP contribution in [-0.2, 0) is 29.2 Å². The number of hydrogen-bond donors (Lipinski definition) is 0. The molecule has 2 heterocycles. The maximum absolute atomic E-state index is 13.6. The van der Waals surface area contributed by atoms with Crippen LogP contribution in [0.25, 0.3) is 21.9 Å². The van der Waals surface area contributed by atoms with Gasteiger partial charge in [0.25, 0.3) is 5.56 Å². The number of imidazole rings is 1. The summed E-state index contributed by atoms with van der Waals surface area (Å²) in [5.74, 6) is -0.386. The zero-order chi connectivity index (χ0) is 25.9. The van der Waals surface area contributed by atoms with Gasteiger partial charge in [-0.2, -0.15) is 0 Å². The fourth-order valence-electron chi connectivity index (χ4n) is 4.42. The molecule has 2 aromatic heterocycles. The number of carbonyl (C=O) groups is 1. The van der Waals surface area contributed by atoms with E-state index in [1.54, 1.807) is 18.7 Å². The van der Waals surface area contributed by atoms with E-state index in [1.165, 1.54) is 15.8 Å². The Balaban J connectivity index is 1.56. The molecule has 0 fully saturated rings. The second kappa shape index (κ2) is 10.2. The van der Waals surface area contributed by atoms with Crippen LogP contribution in [-0.4, -0.2) is 45.4 Å². The van der Waals surface area contributed by atoms with Crippen molar-refractivity contribution in [2.75, 3.05) is 25.7 Å².